The summed E-state index contributed by atoms with van der Waals surface area (Å²) in [4.78, 5) is 37.1. The maximum Gasteiger partial charge on any atom is 0.362 e. The Morgan fingerprint density at radius 1 is 0.508 bits per heavy atom. The van der Waals surface area contributed by atoms with Gasteiger partial charge in [0.1, 0.15) is 6.61 Å². The Kier molecular flexibility index (Phi) is 40.9. The Labute approximate surface area is 364 Å². The highest BCUT2D eigenvalue weighted by Gasteiger charge is 2.31. The summed E-state index contributed by atoms with van der Waals surface area (Å²) in [5.74, 6) is -1.46. The first kappa shape index (κ1) is 56.8. The Morgan fingerprint density at radius 2 is 0.898 bits per heavy atom. The van der Waals surface area contributed by atoms with E-state index in [9.17, 15) is 19.5 Å². The maximum atomic E-state index is 12.8. The van der Waals surface area contributed by atoms with Crippen LogP contribution in [0.25, 0.3) is 0 Å². The highest BCUT2D eigenvalue weighted by Crippen LogP contribution is 2.15. The normalized spacial score (nSPS) is 13.0. The average Bonchev–Trinajstić information content (AvgIpc) is 3.19. The molecule has 2 atom stereocenters. The fraction of sp³-hybridized carbons (Fsp3) is 0.863. The molecule has 0 aromatic rings. The minimum absolute atomic E-state index is 0.0496. The summed E-state index contributed by atoms with van der Waals surface area (Å²) >= 11 is 0. The zero-order valence-electron chi connectivity index (χ0n) is 39.5. The van der Waals surface area contributed by atoms with Gasteiger partial charge in [0.05, 0.1) is 34.4 Å². The number of unbranched alkanes of at least 4 members (excludes halogenated alkanes) is 27. The first-order valence-electron chi connectivity index (χ1n) is 24.9. The SMILES string of the molecule is CCCCCCCCCC/C=C/C/C=C/CCCCCCCCCC(=O)OC(COCCC(C(=O)O)[N+](C)(C)C)COC(=O)CCCCCCCCCCCCCCC. The van der Waals surface area contributed by atoms with Crippen LogP contribution in [0.2, 0.25) is 0 Å². The Balaban J connectivity index is 4.24. The van der Waals surface area contributed by atoms with Crippen LogP contribution in [0.15, 0.2) is 24.3 Å². The van der Waals surface area contributed by atoms with Gasteiger partial charge in [0.15, 0.2) is 12.1 Å². The number of ether oxygens (including phenoxy) is 3. The molecular weight excluding hydrogens is 739 g/mol. The number of rotatable bonds is 45. The maximum absolute atomic E-state index is 12.8. The van der Waals surface area contributed by atoms with Gasteiger partial charge in [0, 0.05) is 19.3 Å². The predicted octanol–water partition coefficient (Wildman–Crippen LogP) is 14.0. The van der Waals surface area contributed by atoms with Crippen LogP contribution in [0.4, 0.5) is 0 Å². The van der Waals surface area contributed by atoms with E-state index in [-0.39, 0.29) is 36.2 Å². The molecule has 2 unspecified atom stereocenters. The second kappa shape index (κ2) is 42.5. The lowest BCUT2D eigenvalue weighted by molar-refractivity contribution is -0.887. The number of hydrogen-bond donors (Lipinski definition) is 1. The van der Waals surface area contributed by atoms with Crippen LogP contribution in [0.1, 0.15) is 232 Å². The van der Waals surface area contributed by atoms with E-state index in [1.807, 2.05) is 21.1 Å². The van der Waals surface area contributed by atoms with E-state index in [1.165, 1.54) is 148 Å². The summed E-state index contributed by atoms with van der Waals surface area (Å²) < 4.78 is 17.3. The van der Waals surface area contributed by atoms with Gasteiger partial charge in [-0.1, -0.05) is 192 Å². The summed E-state index contributed by atoms with van der Waals surface area (Å²) in [6.07, 6.45) is 47.9. The van der Waals surface area contributed by atoms with Gasteiger partial charge < -0.3 is 23.8 Å². The molecule has 0 aliphatic heterocycles. The average molecular weight is 835 g/mol. The van der Waals surface area contributed by atoms with Gasteiger partial charge in [0.2, 0.25) is 0 Å². The molecule has 0 aliphatic rings. The van der Waals surface area contributed by atoms with Crippen molar-refractivity contribution >= 4 is 17.9 Å². The number of nitrogens with zero attached hydrogens (tertiary/aromatic N) is 1. The first-order valence-corrected chi connectivity index (χ1v) is 24.9. The van der Waals surface area contributed by atoms with Crippen molar-refractivity contribution in [2.24, 2.45) is 0 Å². The van der Waals surface area contributed by atoms with Crippen molar-refractivity contribution in [1.29, 1.82) is 0 Å². The number of carbonyl (C=O) groups excluding carboxylic acids is 2. The molecule has 0 saturated heterocycles. The number of carboxylic acids is 1. The highest BCUT2D eigenvalue weighted by molar-refractivity contribution is 5.72. The minimum atomic E-state index is -0.874. The smallest absolute Gasteiger partial charge is 0.362 e. The molecule has 0 aromatic carbocycles. The molecule has 0 rings (SSSR count). The standard InChI is InChI=1S/C51H95NO7/c1-6-8-10-12-14-16-18-20-21-22-23-24-25-26-27-28-30-32-34-36-38-40-42-50(54)59-47(45-57-44-43-48(51(55)56)52(3,4)5)46-58-49(53)41-39-37-35-33-31-29-19-17-15-13-11-9-7-2/h22-23,25-26,47-48H,6-21,24,27-46H2,1-5H3/p+1/b23-22+,26-25+. The van der Waals surface area contributed by atoms with Crippen molar-refractivity contribution < 1.29 is 38.2 Å². The topological polar surface area (TPSA) is 99.1 Å². The molecule has 0 heterocycles. The van der Waals surface area contributed by atoms with Crippen LogP contribution in [0.5, 0.6) is 0 Å². The van der Waals surface area contributed by atoms with Gasteiger partial charge in [-0.25, -0.2) is 4.79 Å². The number of aliphatic carboxylic acids is 1. The second-order valence-corrected chi connectivity index (χ2v) is 18.1. The van der Waals surface area contributed by atoms with E-state index < -0.39 is 18.1 Å². The third-order valence-corrected chi connectivity index (χ3v) is 11.4. The summed E-state index contributed by atoms with van der Waals surface area (Å²) in [5.41, 5.74) is 0. The van der Waals surface area contributed by atoms with Crippen molar-refractivity contribution in [3.8, 4) is 0 Å². The molecule has 0 fully saturated rings. The molecule has 8 nitrogen and oxygen atoms in total. The molecule has 0 saturated carbocycles. The minimum Gasteiger partial charge on any atom is -0.477 e. The molecule has 0 aromatic heterocycles. The lowest BCUT2D eigenvalue weighted by Crippen LogP contribution is -2.50. The number of quaternary nitrogens is 1. The van der Waals surface area contributed by atoms with Crippen LogP contribution < -0.4 is 0 Å². The lowest BCUT2D eigenvalue weighted by Gasteiger charge is -2.31. The molecule has 1 N–H and O–H groups in total. The number of carbonyl (C=O) groups is 3. The van der Waals surface area contributed by atoms with Crippen molar-refractivity contribution in [3.63, 3.8) is 0 Å². The van der Waals surface area contributed by atoms with Crippen molar-refractivity contribution in [1.82, 2.24) is 0 Å². The van der Waals surface area contributed by atoms with E-state index >= 15 is 0 Å². The Morgan fingerprint density at radius 3 is 1.31 bits per heavy atom. The molecule has 346 valence electrons. The largest absolute Gasteiger partial charge is 0.477 e. The number of likely N-dealkylation sites (N-methyl/N-ethyl adjacent to an activating group) is 1. The zero-order valence-corrected chi connectivity index (χ0v) is 39.5. The van der Waals surface area contributed by atoms with Gasteiger partial charge in [0.25, 0.3) is 0 Å². The predicted molar refractivity (Wildman–Crippen MR) is 248 cm³/mol. The molecule has 0 radical (unpaired) electrons. The summed E-state index contributed by atoms with van der Waals surface area (Å²) in [6, 6.07) is -0.613. The van der Waals surface area contributed by atoms with Crippen molar-refractivity contribution in [2.75, 3.05) is 41.0 Å². The monoisotopic (exact) mass is 835 g/mol. The zero-order chi connectivity index (χ0) is 43.5. The van der Waals surface area contributed by atoms with Gasteiger partial charge >= 0.3 is 17.9 Å². The highest BCUT2D eigenvalue weighted by atomic mass is 16.6. The quantitative estimate of drug-likeness (QED) is 0.0282. The number of allylic oxidation sites excluding steroid dienone is 4. The van der Waals surface area contributed by atoms with Crippen molar-refractivity contribution in [2.45, 2.75) is 244 Å². The van der Waals surface area contributed by atoms with Gasteiger partial charge in [-0.15, -0.1) is 0 Å². The fourth-order valence-electron chi connectivity index (χ4n) is 7.48. The lowest BCUT2D eigenvalue weighted by atomic mass is 10.0. The van der Waals surface area contributed by atoms with E-state index in [4.69, 9.17) is 14.2 Å². The Bertz CT molecular complexity index is 1020. The van der Waals surface area contributed by atoms with Crippen LogP contribution >= 0.6 is 0 Å². The van der Waals surface area contributed by atoms with Crippen LogP contribution in [0, 0.1) is 0 Å². The van der Waals surface area contributed by atoms with E-state index in [0.29, 0.717) is 19.3 Å². The third kappa shape index (κ3) is 41.0. The summed E-state index contributed by atoms with van der Waals surface area (Å²) in [5, 5.41) is 9.64. The Hall–Kier alpha value is -2.19. The molecule has 0 spiro atoms. The summed E-state index contributed by atoms with van der Waals surface area (Å²) in [7, 11) is 5.54. The van der Waals surface area contributed by atoms with Gasteiger partial charge in [-0.05, 0) is 44.9 Å². The fourth-order valence-corrected chi connectivity index (χ4v) is 7.48. The number of carboxylic acid groups (broad SMARTS) is 1. The van der Waals surface area contributed by atoms with E-state index in [0.717, 1.165) is 51.4 Å². The van der Waals surface area contributed by atoms with Crippen LogP contribution in [0.3, 0.4) is 0 Å². The molecule has 0 bridgehead atoms. The summed E-state index contributed by atoms with van der Waals surface area (Å²) in [6.45, 7) is 4.75. The van der Waals surface area contributed by atoms with Gasteiger partial charge in [-0.2, -0.15) is 0 Å². The molecule has 59 heavy (non-hydrogen) atoms. The van der Waals surface area contributed by atoms with Crippen molar-refractivity contribution in [3.05, 3.63) is 24.3 Å². The first-order chi connectivity index (χ1) is 28.6. The molecule has 0 aliphatic carbocycles. The molecule has 0 amide bonds. The third-order valence-electron chi connectivity index (χ3n) is 11.4. The van der Waals surface area contributed by atoms with E-state index in [2.05, 4.69) is 38.2 Å². The number of hydrogen-bond acceptors (Lipinski definition) is 6. The van der Waals surface area contributed by atoms with Crippen LogP contribution in [-0.4, -0.2) is 80.6 Å². The van der Waals surface area contributed by atoms with Crippen LogP contribution in [-0.2, 0) is 28.6 Å². The van der Waals surface area contributed by atoms with E-state index in [1.54, 1.807) is 0 Å². The molecule has 8 heteroatoms. The van der Waals surface area contributed by atoms with Gasteiger partial charge in [-0.3, -0.25) is 9.59 Å². The molecular formula is C51H96NO7+. The second-order valence-electron chi connectivity index (χ2n) is 18.1. The number of esters is 2.